The van der Waals surface area contributed by atoms with Crippen LogP contribution < -0.4 is 10.6 Å². The maximum Gasteiger partial charge on any atom is 0.238 e. The van der Waals surface area contributed by atoms with Crippen LogP contribution in [0, 0.1) is 0 Å². The zero-order chi connectivity index (χ0) is 16.6. The molecule has 1 amide bonds. The van der Waals surface area contributed by atoms with Gasteiger partial charge in [0.2, 0.25) is 5.91 Å². The number of carbonyl (C=O) groups excluding carboxylic acids is 1. The molecule has 4 nitrogen and oxygen atoms in total. The van der Waals surface area contributed by atoms with Gasteiger partial charge in [-0.15, -0.1) is 0 Å². The molecule has 3 aromatic rings. The van der Waals surface area contributed by atoms with Crippen LogP contribution in [0.2, 0.25) is 0 Å². The Morgan fingerprint density at radius 2 is 1.79 bits per heavy atom. The number of para-hydroxylation sites is 1. The molecule has 0 bridgehead atoms. The third-order valence-electron chi connectivity index (χ3n) is 3.85. The monoisotopic (exact) mass is 319 g/mol. The minimum absolute atomic E-state index is 0.0483. The molecule has 2 aromatic carbocycles. The van der Waals surface area contributed by atoms with Crippen molar-refractivity contribution in [2.24, 2.45) is 0 Å². The summed E-state index contributed by atoms with van der Waals surface area (Å²) < 4.78 is 0. The van der Waals surface area contributed by atoms with Crippen molar-refractivity contribution in [2.75, 3.05) is 18.4 Å². The van der Waals surface area contributed by atoms with Gasteiger partial charge >= 0.3 is 0 Å². The highest BCUT2D eigenvalue weighted by Gasteiger charge is 2.06. The van der Waals surface area contributed by atoms with E-state index in [9.17, 15) is 4.79 Å². The number of rotatable bonds is 7. The van der Waals surface area contributed by atoms with Crippen LogP contribution in [0.25, 0.3) is 10.9 Å². The highest BCUT2D eigenvalue weighted by Crippen LogP contribution is 2.20. The molecule has 4 heteroatoms. The Kier molecular flexibility index (Phi) is 5.53. The summed E-state index contributed by atoms with van der Waals surface area (Å²) in [6, 6.07) is 20.0. The molecule has 1 heterocycles. The smallest absolute Gasteiger partial charge is 0.238 e. The topological polar surface area (TPSA) is 54.0 Å². The summed E-state index contributed by atoms with van der Waals surface area (Å²) in [6.45, 7) is 1.12. The lowest BCUT2D eigenvalue weighted by molar-refractivity contribution is -0.115. The Morgan fingerprint density at radius 1 is 0.958 bits per heavy atom. The van der Waals surface area contributed by atoms with Crippen LogP contribution in [0.15, 0.2) is 66.9 Å². The van der Waals surface area contributed by atoms with Crippen LogP contribution in [-0.2, 0) is 11.2 Å². The summed E-state index contributed by atoms with van der Waals surface area (Å²) in [6.07, 6.45) is 3.76. The van der Waals surface area contributed by atoms with E-state index in [2.05, 4.69) is 39.9 Å². The van der Waals surface area contributed by atoms with Gasteiger partial charge in [0, 0.05) is 11.6 Å². The molecular weight excluding hydrogens is 298 g/mol. The molecule has 0 aliphatic rings. The zero-order valence-corrected chi connectivity index (χ0v) is 13.5. The highest BCUT2D eigenvalue weighted by molar-refractivity contribution is 6.00. The molecule has 0 atom stereocenters. The quantitative estimate of drug-likeness (QED) is 0.656. The maximum absolute atomic E-state index is 12.1. The third-order valence-corrected chi connectivity index (χ3v) is 3.85. The minimum atomic E-state index is -0.0483. The minimum Gasteiger partial charge on any atom is -0.323 e. The fourth-order valence-electron chi connectivity index (χ4n) is 2.66. The van der Waals surface area contributed by atoms with Crippen molar-refractivity contribution in [3.63, 3.8) is 0 Å². The second-order valence-electron chi connectivity index (χ2n) is 5.69. The van der Waals surface area contributed by atoms with E-state index in [0.717, 1.165) is 36.0 Å². The molecule has 0 saturated carbocycles. The number of fused-ring (bicyclic) bond motifs is 1. The normalized spacial score (nSPS) is 10.7. The van der Waals surface area contributed by atoms with Gasteiger partial charge in [-0.1, -0.05) is 48.5 Å². The Labute approximate surface area is 141 Å². The lowest BCUT2D eigenvalue weighted by Crippen LogP contribution is -2.29. The van der Waals surface area contributed by atoms with Crippen molar-refractivity contribution in [1.82, 2.24) is 10.3 Å². The molecule has 1 aromatic heterocycles. The number of nitrogens with one attached hydrogen (secondary N) is 2. The van der Waals surface area contributed by atoms with Crippen LogP contribution in [0.4, 0.5) is 5.69 Å². The third kappa shape index (κ3) is 4.40. The number of hydrogen-bond acceptors (Lipinski definition) is 3. The van der Waals surface area contributed by atoms with Crippen LogP contribution in [0.3, 0.4) is 0 Å². The average molecular weight is 319 g/mol. The first-order valence-corrected chi connectivity index (χ1v) is 8.21. The number of carbonyl (C=O) groups is 1. The summed E-state index contributed by atoms with van der Waals surface area (Å²) in [5.41, 5.74) is 2.90. The van der Waals surface area contributed by atoms with E-state index in [-0.39, 0.29) is 5.91 Å². The second-order valence-corrected chi connectivity index (χ2v) is 5.69. The molecule has 122 valence electrons. The van der Waals surface area contributed by atoms with Crippen molar-refractivity contribution in [1.29, 1.82) is 0 Å². The van der Waals surface area contributed by atoms with Gasteiger partial charge in [0.15, 0.2) is 0 Å². The van der Waals surface area contributed by atoms with E-state index >= 15 is 0 Å². The number of hydrogen-bond donors (Lipinski definition) is 2. The van der Waals surface area contributed by atoms with Gasteiger partial charge in [0.05, 0.1) is 17.7 Å². The van der Waals surface area contributed by atoms with Crippen LogP contribution >= 0.6 is 0 Å². The number of aromatic nitrogens is 1. The summed E-state index contributed by atoms with van der Waals surface area (Å²) >= 11 is 0. The summed E-state index contributed by atoms with van der Waals surface area (Å²) in [4.78, 5) is 16.4. The maximum atomic E-state index is 12.1. The first-order valence-electron chi connectivity index (χ1n) is 8.21. The number of aryl methyl sites for hydroxylation is 1. The Hall–Kier alpha value is -2.72. The first-order chi connectivity index (χ1) is 11.8. The molecule has 0 unspecified atom stereocenters. The molecule has 0 saturated heterocycles. The molecule has 2 N–H and O–H groups in total. The fraction of sp³-hybridized carbons (Fsp3) is 0.200. The molecular formula is C20H21N3O. The molecule has 0 aliphatic carbocycles. The van der Waals surface area contributed by atoms with Crippen molar-refractivity contribution in [3.8, 4) is 0 Å². The van der Waals surface area contributed by atoms with Gasteiger partial charge in [-0.2, -0.15) is 0 Å². The van der Waals surface area contributed by atoms with E-state index in [4.69, 9.17) is 0 Å². The molecule has 0 aliphatic heterocycles. The number of anilines is 1. The van der Waals surface area contributed by atoms with Gasteiger partial charge in [-0.25, -0.2) is 0 Å². The number of nitrogens with zero attached hydrogens (tertiary/aromatic N) is 1. The fourth-order valence-corrected chi connectivity index (χ4v) is 2.66. The summed E-state index contributed by atoms with van der Waals surface area (Å²) in [5, 5.41) is 7.14. The Morgan fingerprint density at radius 3 is 2.67 bits per heavy atom. The molecule has 3 rings (SSSR count). The first kappa shape index (κ1) is 16.1. The molecule has 24 heavy (non-hydrogen) atoms. The van der Waals surface area contributed by atoms with Gasteiger partial charge in [-0.05, 0) is 37.1 Å². The largest absolute Gasteiger partial charge is 0.323 e. The van der Waals surface area contributed by atoms with Gasteiger partial charge in [-0.3, -0.25) is 9.78 Å². The highest BCUT2D eigenvalue weighted by atomic mass is 16.1. The number of pyridine rings is 1. The summed E-state index contributed by atoms with van der Waals surface area (Å²) in [5.74, 6) is -0.0483. The Bertz CT molecular complexity index is 797. The molecule has 0 fully saturated rings. The van der Waals surface area contributed by atoms with Crippen molar-refractivity contribution < 1.29 is 4.79 Å². The predicted octanol–water partition coefficient (Wildman–Crippen LogP) is 3.40. The summed E-state index contributed by atoms with van der Waals surface area (Å²) in [7, 11) is 0. The second kappa shape index (κ2) is 8.22. The van der Waals surface area contributed by atoms with Crippen molar-refractivity contribution in [2.45, 2.75) is 12.8 Å². The van der Waals surface area contributed by atoms with E-state index in [0.29, 0.717) is 6.54 Å². The van der Waals surface area contributed by atoms with E-state index in [1.807, 2.05) is 36.4 Å². The van der Waals surface area contributed by atoms with Gasteiger partial charge < -0.3 is 10.6 Å². The number of amides is 1. The lowest BCUT2D eigenvalue weighted by atomic mass is 10.1. The van der Waals surface area contributed by atoms with Gasteiger partial charge in [0.1, 0.15) is 0 Å². The number of benzene rings is 2. The Balaban J connectivity index is 1.44. The van der Waals surface area contributed by atoms with Crippen LogP contribution in [0.1, 0.15) is 12.0 Å². The van der Waals surface area contributed by atoms with E-state index in [1.165, 1.54) is 5.56 Å². The van der Waals surface area contributed by atoms with E-state index in [1.54, 1.807) is 6.20 Å². The lowest BCUT2D eigenvalue weighted by Gasteiger charge is -2.09. The van der Waals surface area contributed by atoms with Crippen molar-refractivity contribution >= 4 is 22.5 Å². The van der Waals surface area contributed by atoms with Crippen LogP contribution in [-0.4, -0.2) is 24.0 Å². The standard InChI is InChI=1S/C20H21N3O/c24-19(15-21-13-5-9-16-7-2-1-3-8-16)23-18-12-4-10-17-11-6-14-22-20(17)18/h1-4,6-8,10-12,14,21H,5,9,13,15H2,(H,23,24). The zero-order valence-electron chi connectivity index (χ0n) is 13.5. The SMILES string of the molecule is O=C(CNCCCc1ccccc1)Nc1cccc2cccnc12. The van der Waals surface area contributed by atoms with Crippen molar-refractivity contribution in [3.05, 3.63) is 72.4 Å². The van der Waals surface area contributed by atoms with E-state index < -0.39 is 0 Å². The van der Waals surface area contributed by atoms with Crippen LogP contribution in [0.5, 0.6) is 0 Å². The molecule has 0 radical (unpaired) electrons. The van der Waals surface area contributed by atoms with Gasteiger partial charge in [0.25, 0.3) is 0 Å². The predicted molar refractivity (Wildman–Crippen MR) is 98.0 cm³/mol. The molecule has 0 spiro atoms. The average Bonchev–Trinajstić information content (AvgIpc) is 2.63.